The summed E-state index contributed by atoms with van der Waals surface area (Å²) in [5.41, 5.74) is 11.0. The molecule has 0 saturated carbocycles. The molecule has 1 aromatic heterocycles. The Morgan fingerprint density at radius 1 is 1.00 bits per heavy atom. The second-order valence-electron chi connectivity index (χ2n) is 3.16. The van der Waals surface area contributed by atoms with E-state index in [1.54, 1.807) is 0 Å². The SMILES string of the molecule is C=CCC(CC=C)c1nc(N)nc(N)n1. The van der Waals surface area contributed by atoms with E-state index < -0.39 is 0 Å². The van der Waals surface area contributed by atoms with E-state index in [4.69, 9.17) is 11.5 Å². The van der Waals surface area contributed by atoms with Crippen LogP contribution in [0.15, 0.2) is 25.3 Å². The highest BCUT2D eigenvalue weighted by molar-refractivity contribution is 5.27. The Labute approximate surface area is 88.9 Å². The van der Waals surface area contributed by atoms with Gasteiger partial charge in [0.25, 0.3) is 0 Å². The van der Waals surface area contributed by atoms with Gasteiger partial charge in [-0.05, 0) is 12.8 Å². The first-order chi connectivity index (χ1) is 7.17. The van der Waals surface area contributed by atoms with E-state index in [-0.39, 0.29) is 17.8 Å². The van der Waals surface area contributed by atoms with Crippen LogP contribution in [0.1, 0.15) is 24.6 Å². The predicted molar refractivity (Wildman–Crippen MR) is 61.0 cm³/mol. The van der Waals surface area contributed by atoms with E-state index >= 15 is 0 Å². The van der Waals surface area contributed by atoms with Crippen molar-refractivity contribution in [2.75, 3.05) is 11.5 Å². The highest BCUT2D eigenvalue weighted by Gasteiger charge is 2.13. The molecule has 1 rings (SSSR count). The van der Waals surface area contributed by atoms with Crippen molar-refractivity contribution in [2.45, 2.75) is 18.8 Å². The first-order valence-electron chi connectivity index (χ1n) is 4.66. The van der Waals surface area contributed by atoms with Gasteiger partial charge in [0.2, 0.25) is 11.9 Å². The molecule has 15 heavy (non-hydrogen) atoms. The lowest BCUT2D eigenvalue weighted by atomic mass is 10.0. The first kappa shape index (κ1) is 11.2. The third-order valence-electron chi connectivity index (χ3n) is 1.95. The number of allylic oxidation sites excluding steroid dienone is 2. The number of rotatable bonds is 5. The average Bonchev–Trinajstić information content (AvgIpc) is 2.16. The summed E-state index contributed by atoms with van der Waals surface area (Å²) >= 11 is 0. The maximum atomic E-state index is 5.50. The normalized spacial score (nSPS) is 10.2. The number of nitrogens with zero attached hydrogens (tertiary/aromatic N) is 3. The average molecular weight is 205 g/mol. The van der Waals surface area contributed by atoms with Crippen LogP contribution in [0.3, 0.4) is 0 Å². The zero-order chi connectivity index (χ0) is 11.3. The standard InChI is InChI=1S/C10H15N5/c1-3-5-7(6-4-2)8-13-9(11)15-10(12)14-8/h3-4,7H,1-2,5-6H2,(H4,11,12,13,14,15). The van der Waals surface area contributed by atoms with Crippen molar-refractivity contribution < 1.29 is 0 Å². The molecule has 0 atom stereocenters. The smallest absolute Gasteiger partial charge is 0.225 e. The van der Waals surface area contributed by atoms with Crippen LogP contribution in [0, 0.1) is 0 Å². The summed E-state index contributed by atoms with van der Waals surface area (Å²) in [6.07, 6.45) is 5.14. The molecule has 5 heteroatoms. The minimum atomic E-state index is 0.118. The molecule has 0 radical (unpaired) electrons. The van der Waals surface area contributed by atoms with Crippen LogP contribution in [-0.2, 0) is 0 Å². The Hall–Kier alpha value is -1.91. The molecular weight excluding hydrogens is 190 g/mol. The quantitative estimate of drug-likeness (QED) is 0.706. The van der Waals surface area contributed by atoms with Crippen molar-refractivity contribution in [1.29, 1.82) is 0 Å². The minimum Gasteiger partial charge on any atom is -0.368 e. The van der Waals surface area contributed by atoms with Gasteiger partial charge in [-0.15, -0.1) is 13.2 Å². The molecule has 5 nitrogen and oxygen atoms in total. The summed E-state index contributed by atoms with van der Waals surface area (Å²) in [7, 11) is 0. The highest BCUT2D eigenvalue weighted by atomic mass is 15.1. The third-order valence-corrected chi connectivity index (χ3v) is 1.95. The largest absolute Gasteiger partial charge is 0.368 e. The Morgan fingerprint density at radius 3 is 1.87 bits per heavy atom. The van der Waals surface area contributed by atoms with Crippen LogP contribution in [0.2, 0.25) is 0 Å². The van der Waals surface area contributed by atoms with Gasteiger partial charge in [-0.3, -0.25) is 0 Å². The number of anilines is 2. The van der Waals surface area contributed by atoms with Crippen molar-refractivity contribution in [3.63, 3.8) is 0 Å². The zero-order valence-electron chi connectivity index (χ0n) is 8.56. The van der Waals surface area contributed by atoms with Gasteiger partial charge in [0.1, 0.15) is 5.82 Å². The molecule has 0 aliphatic rings. The summed E-state index contributed by atoms with van der Waals surface area (Å²) in [6.45, 7) is 7.37. The zero-order valence-corrected chi connectivity index (χ0v) is 8.56. The van der Waals surface area contributed by atoms with Gasteiger partial charge >= 0.3 is 0 Å². The van der Waals surface area contributed by atoms with Crippen LogP contribution >= 0.6 is 0 Å². The van der Waals surface area contributed by atoms with Crippen molar-refractivity contribution in [3.8, 4) is 0 Å². The molecule has 1 aromatic rings. The fourth-order valence-electron chi connectivity index (χ4n) is 1.32. The molecule has 4 N–H and O–H groups in total. The summed E-state index contributed by atoms with van der Waals surface area (Å²) in [4.78, 5) is 11.8. The van der Waals surface area contributed by atoms with Crippen LogP contribution in [-0.4, -0.2) is 15.0 Å². The van der Waals surface area contributed by atoms with Gasteiger partial charge < -0.3 is 11.5 Å². The van der Waals surface area contributed by atoms with Crippen LogP contribution in [0.25, 0.3) is 0 Å². The topological polar surface area (TPSA) is 90.7 Å². The van der Waals surface area contributed by atoms with Gasteiger partial charge in [-0.2, -0.15) is 15.0 Å². The second kappa shape index (κ2) is 5.09. The minimum absolute atomic E-state index is 0.118. The van der Waals surface area contributed by atoms with Gasteiger partial charge in [0.05, 0.1) is 0 Å². The van der Waals surface area contributed by atoms with E-state index in [1.165, 1.54) is 0 Å². The molecule has 1 heterocycles. The predicted octanol–water partition coefficient (Wildman–Crippen LogP) is 1.27. The number of hydrogen-bond donors (Lipinski definition) is 2. The van der Waals surface area contributed by atoms with Crippen LogP contribution in [0.5, 0.6) is 0 Å². The maximum Gasteiger partial charge on any atom is 0.225 e. The molecule has 0 aromatic carbocycles. The molecule has 0 spiro atoms. The lowest BCUT2D eigenvalue weighted by Crippen LogP contribution is -2.10. The molecule has 0 aliphatic carbocycles. The first-order valence-corrected chi connectivity index (χ1v) is 4.66. The van der Waals surface area contributed by atoms with E-state index in [1.807, 2.05) is 12.2 Å². The van der Waals surface area contributed by atoms with E-state index in [2.05, 4.69) is 28.1 Å². The monoisotopic (exact) mass is 205 g/mol. The maximum absolute atomic E-state index is 5.50. The summed E-state index contributed by atoms with van der Waals surface area (Å²) in [6, 6.07) is 0. The van der Waals surface area contributed by atoms with Crippen molar-refractivity contribution >= 4 is 11.9 Å². The summed E-state index contributed by atoms with van der Waals surface area (Å²) in [5.74, 6) is 1.01. The van der Waals surface area contributed by atoms with Crippen LogP contribution in [0.4, 0.5) is 11.9 Å². The fraction of sp³-hybridized carbons (Fsp3) is 0.300. The Bertz CT molecular complexity index is 331. The van der Waals surface area contributed by atoms with E-state index in [0.29, 0.717) is 5.82 Å². The van der Waals surface area contributed by atoms with Gasteiger partial charge in [-0.25, -0.2) is 0 Å². The molecular formula is C10H15N5. The van der Waals surface area contributed by atoms with Crippen molar-refractivity contribution in [1.82, 2.24) is 15.0 Å². The number of hydrogen-bond acceptors (Lipinski definition) is 5. The highest BCUT2D eigenvalue weighted by Crippen LogP contribution is 2.21. The fourth-order valence-corrected chi connectivity index (χ4v) is 1.32. The number of nitrogens with two attached hydrogens (primary N) is 2. The van der Waals surface area contributed by atoms with Gasteiger partial charge in [-0.1, -0.05) is 12.2 Å². The molecule has 0 saturated heterocycles. The lowest BCUT2D eigenvalue weighted by molar-refractivity contribution is 0.658. The molecule has 0 bridgehead atoms. The molecule has 0 unspecified atom stereocenters. The van der Waals surface area contributed by atoms with Gasteiger partial charge in [0, 0.05) is 5.92 Å². The number of aromatic nitrogens is 3. The lowest BCUT2D eigenvalue weighted by Gasteiger charge is -2.11. The van der Waals surface area contributed by atoms with Gasteiger partial charge in [0.15, 0.2) is 0 Å². The van der Waals surface area contributed by atoms with E-state index in [0.717, 1.165) is 12.8 Å². The molecule has 0 aliphatic heterocycles. The third kappa shape index (κ3) is 3.05. The Morgan fingerprint density at radius 2 is 1.47 bits per heavy atom. The van der Waals surface area contributed by atoms with Crippen molar-refractivity contribution in [2.24, 2.45) is 0 Å². The Kier molecular flexibility index (Phi) is 3.79. The Balaban J connectivity index is 2.98. The summed E-state index contributed by atoms with van der Waals surface area (Å²) in [5, 5.41) is 0. The number of nitrogen functional groups attached to an aromatic ring is 2. The second-order valence-corrected chi connectivity index (χ2v) is 3.16. The van der Waals surface area contributed by atoms with Crippen LogP contribution < -0.4 is 11.5 Å². The molecule has 80 valence electrons. The molecule has 0 fully saturated rings. The molecule has 0 amide bonds. The summed E-state index contributed by atoms with van der Waals surface area (Å²) < 4.78 is 0. The van der Waals surface area contributed by atoms with Crippen molar-refractivity contribution in [3.05, 3.63) is 31.1 Å². The van der Waals surface area contributed by atoms with E-state index in [9.17, 15) is 0 Å².